The molecule has 0 atom stereocenters. The summed E-state index contributed by atoms with van der Waals surface area (Å²) in [5.74, 6) is 0.0275. The summed E-state index contributed by atoms with van der Waals surface area (Å²) in [5, 5.41) is 3.99. The number of thioether (sulfide) groups is 1. The smallest absolute Gasteiger partial charge is 0.258 e. The van der Waals surface area contributed by atoms with Crippen LogP contribution < -0.4 is 5.32 Å². The average molecular weight is 325 g/mol. The summed E-state index contributed by atoms with van der Waals surface area (Å²) in [5.41, 5.74) is 2.47. The number of imide groups is 1. The topological polar surface area (TPSA) is 46.2 Å². The van der Waals surface area contributed by atoms with E-state index in [0.717, 1.165) is 10.5 Å². The van der Waals surface area contributed by atoms with Crippen LogP contribution in [0.3, 0.4) is 0 Å². The Hall–Kier alpha value is -2.33. The lowest BCUT2D eigenvalue weighted by Gasteiger charge is -2.09. The fraction of sp³-hybridized carbons (Fsp3) is 0.158. The lowest BCUT2D eigenvalue weighted by molar-refractivity contribution is -0.121. The minimum absolute atomic E-state index is 0.402. The first-order chi connectivity index (χ1) is 11.1. The summed E-state index contributed by atoms with van der Waals surface area (Å²) in [4.78, 5) is 23.8. The molecular weight excluding hydrogens is 306 g/mol. The molecule has 23 heavy (non-hydrogen) atoms. The van der Waals surface area contributed by atoms with Gasteiger partial charge in [-0.1, -0.05) is 68.1 Å². The van der Waals surface area contributed by atoms with Gasteiger partial charge < -0.3 is 0 Å². The van der Waals surface area contributed by atoms with E-state index in [1.807, 2.05) is 54.6 Å². The van der Waals surface area contributed by atoms with Gasteiger partial charge in [-0.25, -0.2) is 0 Å². The Balaban J connectivity index is 2.29. The number of amides is 2. The fourth-order valence-corrected chi connectivity index (χ4v) is 2.87. The molecule has 2 aromatic carbocycles. The van der Waals surface area contributed by atoms with E-state index in [4.69, 9.17) is 0 Å². The van der Waals surface area contributed by atoms with Crippen LogP contribution in [0, 0.1) is 0 Å². The van der Waals surface area contributed by atoms with Gasteiger partial charge in [-0.2, -0.15) is 0 Å². The lowest BCUT2D eigenvalue weighted by atomic mass is 9.99. The summed E-state index contributed by atoms with van der Waals surface area (Å²) in [6.45, 7) is 4.24. The number of nitrogens with one attached hydrogen (secondary N) is 1. The number of benzene rings is 2. The van der Waals surface area contributed by atoms with E-state index in [1.165, 1.54) is 17.3 Å². The molecule has 1 N–H and O–H groups in total. The van der Waals surface area contributed by atoms with Crippen molar-refractivity contribution in [1.29, 1.82) is 0 Å². The first-order valence-corrected chi connectivity index (χ1v) is 8.26. The number of hydrogen-bond acceptors (Lipinski definition) is 3. The lowest BCUT2D eigenvalue weighted by Crippen LogP contribution is -2.22. The third-order valence-corrected chi connectivity index (χ3v) is 4.28. The second-order valence-corrected chi connectivity index (χ2v) is 6.27. The molecule has 0 spiro atoms. The maximum Gasteiger partial charge on any atom is 0.258 e. The third kappa shape index (κ3) is 4.83. The molecule has 0 radical (unpaired) electrons. The van der Waals surface area contributed by atoms with Gasteiger partial charge in [-0.15, -0.1) is 0 Å². The quantitative estimate of drug-likeness (QED) is 0.491. The van der Waals surface area contributed by atoms with E-state index in [9.17, 15) is 9.59 Å². The van der Waals surface area contributed by atoms with E-state index >= 15 is 0 Å². The average Bonchev–Trinajstić information content (AvgIpc) is 2.56. The zero-order valence-electron chi connectivity index (χ0n) is 13.2. The molecule has 3 nitrogen and oxygen atoms in total. The molecule has 0 aliphatic carbocycles. The van der Waals surface area contributed by atoms with E-state index in [-0.39, 0.29) is 0 Å². The molecule has 0 aliphatic heterocycles. The highest BCUT2D eigenvalue weighted by Gasteiger charge is 2.12. The predicted octanol–water partition coefficient (Wildman–Crippen LogP) is 4.22. The standard InChI is InChI=1S/C19H19NO2S/c1-14(2)15-8-10-16(11-9-15)18(19(22)20-13-21)12-23-17-6-4-3-5-7-17/h3-14H,1-2H3,(H,20,21,22)/b18-12-. The maximum absolute atomic E-state index is 12.2. The summed E-state index contributed by atoms with van der Waals surface area (Å²) >= 11 is 1.45. The second-order valence-electron chi connectivity index (χ2n) is 5.33. The van der Waals surface area contributed by atoms with Crippen molar-refractivity contribution in [1.82, 2.24) is 5.32 Å². The molecule has 0 aliphatic rings. The molecule has 2 rings (SSSR count). The second kappa shape index (κ2) is 8.34. The zero-order valence-corrected chi connectivity index (χ0v) is 14.0. The minimum Gasteiger partial charge on any atom is -0.295 e. The Morgan fingerprint density at radius 2 is 1.70 bits per heavy atom. The van der Waals surface area contributed by atoms with Crippen molar-refractivity contribution in [2.75, 3.05) is 0 Å². The molecule has 118 valence electrons. The molecular formula is C19H19NO2S. The Bertz CT molecular complexity index is 691. The van der Waals surface area contributed by atoms with Crippen LogP contribution in [0.4, 0.5) is 0 Å². The van der Waals surface area contributed by atoms with Crippen LogP contribution >= 0.6 is 11.8 Å². The molecule has 0 aromatic heterocycles. The van der Waals surface area contributed by atoms with Crippen LogP contribution in [-0.2, 0) is 9.59 Å². The van der Waals surface area contributed by atoms with Gasteiger partial charge in [0, 0.05) is 4.90 Å². The molecule has 0 bridgehead atoms. The monoisotopic (exact) mass is 325 g/mol. The molecule has 0 fully saturated rings. The Morgan fingerprint density at radius 3 is 2.26 bits per heavy atom. The minimum atomic E-state index is -0.402. The summed E-state index contributed by atoms with van der Waals surface area (Å²) in [6.07, 6.45) is 0.409. The number of rotatable bonds is 6. The van der Waals surface area contributed by atoms with Crippen molar-refractivity contribution in [3.05, 3.63) is 71.1 Å². The molecule has 0 saturated heterocycles. The highest BCUT2D eigenvalue weighted by Crippen LogP contribution is 2.26. The van der Waals surface area contributed by atoms with Crippen LogP contribution in [0.5, 0.6) is 0 Å². The van der Waals surface area contributed by atoms with Crippen molar-refractivity contribution >= 4 is 29.7 Å². The third-order valence-electron chi connectivity index (χ3n) is 3.38. The van der Waals surface area contributed by atoms with E-state index < -0.39 is 5.91 Å². The normalized spacial score (nSPS) is 11.3. The summed E-state index contributed by atoms with van der Waals surface area (Å²) < 4.78 is 0. The first-order valence-electron chi connectivity index (χ1n) is 7.38. The van der Waals surface area contributed by atoms with Gasteiger partial charge in [0.2, 0.25) is 6.41 Å². The van der Waals surface area contributed by atoms with Gasteiger partial charge in [-0.05, 0) is 34.6 Å². The number of hydrogen-bond donors (Lipinski definition) is 1. The van der Waals surface area contributed by atoms with Crippen LogP contribution in [0.1, 0.15) is 30.9 Å². The van der Waals surface area contributed by atoms with Gasteiger partial charge in [0.15, 0.2) is 0 Å². The van der Waals surface area contributed by atoms with Crippen molar-refractivity contribution in [2.45, 2.75) is 24.7 Å². The summed E-state index contributed by atoms with van der Waals surface area (Å²) in [6, 6.07) is 17.6. The Kier molecular flexibility index (Phi) is 6.18. The number of carbonyl (C=O) groups is 2. The Morgan fingerprint density at radius 1 is 1.04 bits per heavy atom. The van der Waals surface area contributed by atoms with Crippen LogP contribution in [-0.4, -0.2) is 12.3 Å². The molecule has 0 unspecified atom stereocenters. The molecule has 0 heterocycles. The number of carbonyl (C=O) groups excluding carboxylic acids is 2. The molecule has 2 amide bonds. The highest BCUT2D eigenvalue weighted by atomic mass is 32.2. The van der Waals surface area contributed by atoms with Crippen LogP contribution in [0.25, 0.3) is 5.57 Å². The predicted molar refractivity (Wildman–Crippen MR) is 95.0 cm³/mol. The van der Waals surface area contributed by atoms with Crippen molar-refractivity contribution in [3.63, 3.8) is 0 Å². The molecule has 2 aromatic rings. The van der Waals surface area contributed by atoms with Crippen LogP contribution in [0.2, 0.25) is 0 Å². The highest BCUT2D eigenvalue weighted by molar-refractivity contribution is 8.02. The van der Waals surface area contributed by atoms with E-state index in [0.29, 0.717) is 17.9 Å². The van der Waals surface area contributed by atoms with Crippen LogP contribution in [0.15, 0.2) is 64.9 Å². The van der Waals surface area contributed by atoms with Gasteiger partial charge in [0.05, 0.1) is 5.57 Å². The van der Waals surface area contributed by atoms with Crippen molar-refractivity contribution in [3.8, 4) is 0 Å². The zero-order chi connectivity index (χ0) is 16.7. The largest absolute Gasteiger partial charge is 0.295 e. The first kappa shape index (κ1) is 17.0. The molecule has 0 saturated carbocycles. The Labute approximate surface area is 140 Å². The van der Waals surface area contributed by atoms with Gasteiger partial charge in [0.1, 0.15) is 0 Å². The maximum atomic E-state index is 12.2. The van der Waals surface area contributed by atoms with Gasteiger partial charge in [0.25, 0.3) is 5.91 Å². The van der Waals surface area contributed by atoms with Crippen molar-refractivity contribution in [2.24, 2.45) is 0 Å². The van der Waals surface area contributed by atoms with Gasteiger partial charge >= 0.3 is 0 Å². The van der Waals surface area contributed by atoms with Crippen molar-refractivity contribution < 1.29 is 9.59 Å². The fourth-order valence-electron chi connectivity index (χ4n) is 2.06. The summed E-state index contributed by atoms with van der Waals surface area (Å²) in [7, 11) is 0. The molecule has 4 heteroatoms. The van der Waals surface area contributed by atoms with Gasteiger partial charge in [-0.3, -0.25) is 14.9 Å². The van der Waals surface area contributed by atoms with E-state index in [1.54, 1.807) is 5.41 Å². The van der Waals surface area contributed by atoms with E-state index in [2.05, 4.69) is 19.2 Å². The SMILES string of the molecule is CC(C)c1ccc(/C(=C/Sc2ccccc2)C(=O)NC=O)cc1.